The molecule has 1 atom stereocenters. The first-order chi connectivity index (χ1) is 7.74. The van der Waals surface area contributed by atoms with Crippen LogP contribution in [-0.2, 0) is 4.79 Å². The molecule has 1 heterocycles. The van der Waals surface area contributed by atoms with E-state index in [0.29, 0.717) is 5.92 Å². The Morgan fingerprint density at radius 2 is 2.06 bits per heavy atom. The minimum absolute atomic E-state index is 0.0634. The second-order valence-electron chi connectivity index (χ2n) is 5.13. The average Bonchev–Trinajstić information content (AvgIpc) is 2.56. The van der Waals surface area contributed by atoms with Gasteiger partial charge in [-0.1, -0.05) is 30.7 Å². The molecular weight excluding hydrogens is 198 g/mol. The van der Waals surface area contributed by atoms with Gasteiger partial charge in [-0.2, -0.15) is 0 Å². The molecule has 2 aliphatic rings. The van der Waals surface area contributed by atoms with Gasteiger partial charge < -0.3 is 5.32 Å². The van der Waals surface area contributed by atoms with Gasteiger partial charge in [-0.25, -0.2) is 0 Å². The maximum Gasteiger partial charge on any atom is 0.226 e. The number of carbonyl (C=O) groups excluding carboxylic acids is 1. The number of amides is 1. The lowest BCUT2D eigenvalue weighted by Crippen LogP contribution is -2.40. The van der Waals surface area contributed by atoms with Crippen LogP contribution in [0, 0.1) is 12.3 Å². The molecule has 1 saturated carbocycles. The highest BCUT2D eigenvalue weighted by atomic mass is 16.2. The Morgan fingerprint density at radius 1 is 1.31 bits per heavy atom. The molecule has 1 N–H and O–H groups in total. The summed E-state index contributed by atoms with van der Waals surface area (Å²) in [4.78, 5) is 12.0. The third kappa shape index (κ3) is 1.16. The van der Waals surface area contributed by atoms with Crippen LogP contribution >= 0.6 is 0 Å². The summed E-state index contributed by atoms with van der Waals surface area (Å²) >= 11 is 0. The van der Waals surface area contributed by atoms with E-state index >= 15 is 0 Å². The topological polar surface area (TPSA) is 29.1 Å². The van der Waals surface area contributed by atoms with Gasteiger partial charge in [0.25, 0.3) is 0 Å². The molecule has 1 aliphatic heterocycles. The van der Waals surface area contributed by atoms with Crippen LogP contribution in [0.25, 0.3) is 0 Å². The van der Waals surface area contributed by atoms with Crippen LogP contribution in [0.15, 0.2) is 24.3 Å². The van der Waals surface area contributed by atoms with Crippen LogP contribution in [0.2, 0.25) is 0 Å². The maximum atomic E-state index is 12.0. The van der Waals surface area contributed by atoms with Crippen molar-refractivity contribution in [1.29, 1.82) is 0 Å². The number of aryl methyl sites for hydroxylation is 1. The summed E-state index contributed by atoms with van der Waals surface area (Å²) in [5.41, 5.74) is 2.61. The molecule has 2 heteroatoms. The summed E-state index contributed by atoms with van der Waals surface area (Å²) in [6, 6.07) is 8.47. The van der Waals surface area contributed by atoms with E-state index in [1.54, 1.807) is 0 Å². The molecule has 0 bridgehead atoms. The first-order valence-corrected chi connectivity index (χ1v) is 6.08. The fraction of sp³-hybridized carbons (Fsp3) is 0.500. The average molecular weight is 215 g/mol. The first kappa shape index (κ1) is 9.88. The number of hydrogen-bond acceptors (Lipinski definition) is 1. The quantitative estimate of drug-likeness (QED) is 0.765. The summed E-state index contributed by atoms with van der Waals surface area (Å²) in [6.45, 7) is 2.97. The van der Waals surface area contributed by atoms with E-state index in [1.807, 2.05) is 0 Å². The van der Waals surface area contributed by atoms with Crippen molar-refractivity contribution in [2.24, 2.45) is 5.41 Å². The van der Waals surface area contributed by atoms with Crippen LogP contribution in [-0.4, -0.2) is 12.5 Å². The lowest BCUT2D eigenvalue weighted by molar-refractivity contribution is -0.132. The van der Waals surface area contributed by atoms with Crippen LogP contribution in [0.3, 0.4) is 0 Å². The molecule has 1 aliphatic carbocycles. The largest absolute Gasteiger partial charge is 0.355 e. The fourth-order valence-electron chi connectivity index (χ4n) is 3.24. The molecule has 2 fully saturated rings. The molecule has 0 radical (unpaired) electrons. The Bertz CT molecular complexity index is 434. The van der Waals surface area contributed by atoms with Crippen molar-refractivity contribution in [2.75, 3.05) is 6.54 Å². The van der Waals surface area contributed by atoms with Crippen molar-refractivity contribution < 1.29 is 4.79 Å². The third-order valence-corrected chi connectivity index (χ3v) is 4.40. The zero-order valence-electron chi connectivity index (χ0n) is 9.62. The van der Waals surface area contributed by atoms with Crippen molar-refractivity contribution >= 4 is 5.91 Å². The van der Waals surface area contributed by atoms with E-state index in [1.165, 1.54) is 17.5 Å². The van der Waals surface area contributed by atoms with Crippen LogP contribution in [0.4, 0.5) is 0 Å². The van der Waals surface area contributed by atoms with E-state index in [4.69, 9.17) is 0 Å². The minimum Gasteiger partial charge on any atom is -0.355 e. The fourth-order valence-corrected chi connectivity index (χ4v) is 3.24. The van der Waals surface area contributed by atoms with Gasteiger partial charge in [0.15, 0.2) is 0 Å². The summed E-state index contributed by atoms with van der Waals surface area (Å²) in [7, 11) is 0. The second kappa shape index (κ2) is 3.34. The lowest BCUT2D eigenvalue weighted by atomic mass is 9.60. The van der Waals surface area contributed by atoms with Gasteiger partial charge >= 0.3 is 0 Å². The molecule has 1 unspecified atom stereocenters. The highest BCUT2D eigenvalue weighted by Crippen LogP contribution is 2.54. The third-order valence-electron chi connectivity index (χ3n) is 4.40. The number of hydrogen-bond donors (Lipinski definition) is 1. The number of benzene rings is 1. The Balaban J connectivity index is 2.02. The Morgan fingerprint density at radius 3 is 2.69 bits per heavy atom. The second-order valence-corrected chi connectivity index (χ2v) is 5.13. The number of nitrogens with one attached hydrogen (secondary N) is 1. The van der Waals surface area contributed by atoms with Crippen molar-refractivity contribution in [2.45, 2.75) is 32.1 Å². The standard InChI is InChI=1S/C14H17NO/c1-10-5-2-3-6-11(10)12-9-15-13(16)14(12)7-4-8-14/h2-3,5-6,12H,4,7-9H2,1H3,(H,15,16). The molecule has 1 aromatic carbocycles. The summed E-state index contributed by atoms with van der Waals surface area (Å²) < 4.78 is 0. The van der Waals surface area contributed by atoms with Crippen LogP contribution in [0.1, 0.15) is 36.3 Å². The molecule has 1 spiro atoms. The van der Waals surface area contributed by atoms with E-state index in [2.05, 4.69) is 36.5 Å². The number of rotatable bonds is 1. The van der Waals surface area contributed by atoms with Crippen molar-refractivity contribution in [1.82, 2.24) is 5.32 Å². The molecule has 16 heavy (non-hydrogen) atoms. The van der Waals surface area contributed by atoms with Crippen molar-refractivity contribution in [3.63, 3.8) is 0 Å². The maximum absolute atomic E-state index is 12.0. The molecule has 1 amide bonds. The van der Waals surface area contributed by atoms with E-state index in [9.17, 15) is 4.79 Å². The monoisotopic (exact) mass is 215 g/mol. The molecule has 0 aromatic heterocycles. The number of carbonyl (C=O) groups is 1. The van der Waals surface area contributed by atoms with E-state index in [-0.39, 0.29) is 11.3 Å². The molecular formula is C14H17NO. The zero-order valence-corrected chi connectivity index (χ0v) is 9.62. The predicted molar refractivity (Wildman–Crippen MR) is 63.2 cm³/mol. The molecule has 84 valence electrons. The van der Waals surface area contributed by atoms with Crippen LogP contribution < -0.4 is 5.32 Å². The summed E-state index contributed by atoms with van der Waals surface area (Å²) in [5, 5.41) is 3.05. The molecule has 2 nitrogen and oxygen atoms in total. The van der Waals surface area contributed by atoms with E-state index in [0.717, 1.165) is 19.4 Å². The van der Waals surface area contributed by atoms with Gasteiger partial charge in [0, 0.05) is 12.5 Å². The Kier molecular flexibility index (Phi) is 2.06. The smallest absolute Gasteiger partial charge is 0.226 e. The lowest BCUT2D eigenvalue weighted by Gasteiger charge is -2.41. The minimum atomic E-state index is -0.0634. The molecule has 1 saturated heterocycles. The highest BCUT2D eigenvalue weighted by molar-refractivity contribution is 5.87. The molecule has 1 aromatic rings. The van der Waals surface area contributed by atoms with Gasteiger partial charge in [-0.3, -0.25) is 4.79 Å². The first-order valence-electron chi connectivity index (χ1n) is 6.08. The Labute approximate surface area is 96.1 Å². The van der Waals surface area contributed by atoms with Crippen molar-refractivity contribution in [3.05, 3.63) is 35.4 Å². The van der Waals surface area contributed by atoms with Crippen molar-refractivity contribution in [3.8, 4) is 0 Å². The van der Waals surface area contributed by atoms with Gasteiger partial charge in [0.2, 0.25) is 5.91 Å². The summed E-state index contributed by atoms with van der Waals surface area (Å²) in [6.07, 6.45) is 3.34. The van der Waals surface area contributed by atoms with Crippen LogP contribution in [0.5, 0.6) is 0 Å². The summed E-state index contributed by atoms with van der Waals surface area (Å²) in [5.74, 6) is 0.682. The SMILES string of the molecule is Cc1ccccc1C1CNC(=O)C12CCC2. The van der Waals surface area contributed by atoms with Gasteiger partial charge in [-0.15, -0.1) is 0 Å². The zero-order chi connectivity index (χ0) is 11.2. The van der Waals surface area contributed by atoms with E-state index < -0.39 is 0 Å². The predicted octanol–water partition coefficient (Wildman–Crippen LogP) is 2.38. The molecule has 3 rings (SSSR count). The Hall–Kier alpha value is -1.31. The highest BCUT2D eigenvalue weighted by Gasteiger charge is 2.54. The normalized spacial score (nSPS) is 26.6. The van der Waals surface area contributed by atoms with Gasteiger partial charge in [-0.05, 0) is 30.9 Å². The van der Waals surface area contributed by atoms with Gasteiger partial charge in [0.05, 0.1) is 5.41 Å². The van der Waals surface area contributed by atoms with Gasteiger partial charge in [0.1, 0.15) is 0 Å².